The van der Waals surface area contributed by atoms with Crippen LogP contribution in [-0.2, 0) is 23.7 Å². The Bertz CT molecular complexity index is 1640. The molecule has 0 aromatic rings. The summed E-state index contributed by atoms with van der Waals surface area (Å²) in [6, 6.07) is 0. The highest BCUT2D eigenvalue weighted by Gasteiger charge is 2.68. The fourth-order valence-electron chi connectivity index (χ4n) is 15.6. The molecule has 29 atom stereocenters. The zero-order chi connectivity index (χ0) is 48.7. The third-order valence-corrected chi connectivity index (χ3v) is 19.6. The molecule has 0 aromatic carbocycles. The maximum absolute atomic E-state index is 12.5. The highest BCUT2D eigenvalue weighted by Crippen LogP contribution is 2.71. The first-order valence-electron chi connectivity index (χ1n) is 25.2. The van der Waals surface area contributed by atoms with Gasteiger partial charge < -0.3 is 95.2 Å². The minimum Gasteiger partial charge on any atom is -0.396 e. The number of aliphatic hydroxyl groups excluding tert-OH is 13. The van der Waals surface area contributed by atoms with Crippen LogP contribution in [0.25, 0.3) is 0 Å². The predicted molar refractivity (Wildman–Crippen MR) is 233 cm³/mol. The number of hydrogen-bond acceptors (Lipinski definition) is 19. The second-order valence-electron chi connectivity index (χ2n) is 23.1. The Labute approximate surface area is 393 Å². The molecule has 0 spiro atoms. The third kappa shape index (κ3) is 9.22. The van der Waals surface area contributed by atoms with Crippen LogP contribution in [0.2, 0.25) is 0 Å². The Morgan fingerprint density at radius 2 is 1.30 bits per heavy atom. The van der Waals surface area contributed by atoms with Crippen LogP contribution in [0, 0.1) is 64.1 Å². The van der Waals surface area contributed by atoms with E-state index in [0.717, 1.165) is 25.7 Å². The number of ether oxygens (including phenoxy) is 5. The van der Waals surface area contributed by atoms with Crippen LogP contribution >= 0.6 is 0 Å². The molecule has 8 fully saturated rings. The maximum Gasteiger partial charge on any atom is 0.187 e. The molecule has 2 aliphatic heterocycles. The summed E-state index contributed by atoms with van der Waals surface area (Å²) in [6.45, 7) is 7.20. The predicted octanol–water partition coefficient (Wildman–Crippen LogP) is -2.12. The van der Waals surface area contributed by atoms with Gasteiger partial charge in [-0.25, -0.2) is 0 Å². The first-order chi connectivity index (χ1) is 31.6. The second-order valence-corrected chi connectivity index (χ2v) is 23.1. The summed E-state index contributed by atoms with van der Waals surface area (Å²) < 4.78 is 29.8. The van der Waals surface area contributed by atoms with E-state index < -0.39 is 134 Å². The van der Waals surface area contributed by atoms with Gasteiger partial charge in [0.25, 0.3) is 0 Å². The van der Waals surface area contributed by atoms with E-state index in [2.05, 4.69) is 20.8 Å². The Hall–Kier alpha value is -0.760. The molecule has 67 heavy (non-hydrogen) atoms. The summed E-state index contributed by atoms with van der Waals surface area (Å²) in [4.78, 5) is 0. The smallest absolute Gasteiger partial charge is 0.187 e. The Morgan fingerprint density at radius 3 is 1.97 bits per heavy atom. The topological polar surface area (TPSA) is 329 Å². The molecular formula is C48H82O19. The van der Waals surface area contributed by atoms with Crippen LogP contribution in [0.4, 0.5) is 0 Å². The number of fused-ring (bicyclic) bond motifs is 7. The van der Waals surface area contributed by atoms with E-state index >= 15 is 0 Å². The van der Waals surface area contributed by atoms with Crippen molar-refractivity contribution in [3.05, 3.63) is 0 Å². The van der Waals surface area contributed by atoms with Crippen molar-refractivity contribution in [3.8, 4) is 0 Å². The van der Waals surface area contributed by atoms with E-state index in [1.54, 1.807) is 0 Å². The molecule has 6 aliphatic carbocycles. The number of aliphatic hydroxyl groups is 14. The van der Waals surface area contributed by atoms with Gasteiger partial charge in [-0.05, 0) is 123 Å². The van der Waals surface area contributed by atoms with E-state index in [1.165, 1.54) is 0 Å². The normalized spacial score (nSPS) is 56.1. The van der Waals surface area contributed by atoms with E-state index in [-0.39, 0.29) is 66.5 Å². The zero-order valence-electron chi connectivity index (χ0n) is 39.4. The van der Waals surface area contributed by atoms with Crippen LogP contribution in [0.3, 0.4) is 0 Å². The largest absolute Gasteiger partial charge is 0.396 e. The Balaban J connectivity index is 0.913. The lowest BCUT2D eigenvalue weighted by Gasteiger charge is -2.66. The van der Waals surface area contributed by atoms with E-state index in [1.807, 2.05) is 6.92 Å². The van der Waals surface area contributed by atoms with Gasteiger partial charge in [-0.15, -0.1) is 0 Å². The van der Waals surface area contributed by atoms with Crippen molar-refractivity contribution in [1.29, 1.82) is 0 Å². The number of rotatable bonds is 13. The van der Waals surface area contributed by atoms with E-state index in [0.29, 0.717) is 44.4 Å². The molecule has 19 nitrogen and oxygen atoms in total. The van der Waals surface area contributed by atoms with Crippen molar-refractivity contribution in [2.24, 2.45) is 64.1 Å². The lowest BCUT2D eigenvalue weighted by Crippen LogP contribution is -2.66. The summed E-state index contributed by atoms with van der Waals surface area (Å²) in [5.41, 5.74) is -1.74. The van der Waals surface area contributed by atoms with Crippen LogP contribution in [0.15, 0.2) is 0 Å². The summed E-state index contributed by atoms with van der Waals surface area (Å²) >= 11 is 0. The van der Waals surface area contributed by atoms with Crippen molar-refractivity contribution in [2.45, 2.75) is 208 Å². The van der Waals surface area contributed by atoms with Crippen molar-refractivity contribution in [3.63, 3.8) is 0 Å². The van der Waals surface area contributed by atoms with Crippen molar-refractivity contribution in [2.75, 3.05) is 26.4 Å². The van der Waals surface area contributed by atoms with Crippen molar-refractivity contribution < 1.29 is 95.2 Å². The quantitative estimate of drug-likeness (QED) is 0.0878. The fraction of sp³-hybridized carbons (Fsp3) is 1.00. The summed E-state index contributed by atoms with van der Waals surface area (Å²) in [6.07, 6.45) is -16.0. The van der Waals surface area contributed by atoms with Gasteiger partial charge in [0.15, 0.2) is 12.6 Å². The van der Waals surface area contributed by atoms with Gasteiger partial charge in [0, 0.05) is 24.5 Å². The van der Waals surface area contributed by atoms with Crippen LogP contribution in [-0.4, -0.2) is 208 Å². The minimum atomic E-state index is -1.82. The molecule has 2 saturated heterocycles. The maximum atomic E-state index is 12.5. The highest BCUT2D eigenvalue weighted by atomic mass is 16.8. The molecule has 0 bridgehead atoms. The molecule has 8 rings (SSSR count). The van der Waals surface area contributed by atoms with Crippen LogP contribution in [0.1, 0.15) is 98.3 Å². The highest BCUT2D eigenvalue weighted by molar-refractivity contribution is 5.17. The Morgan fingerprint density at radius 1 is 0.642 bits per heavy atom. The van der Waals surface area contributed by atoms with E-state index in [4.69, 9.17) is 23.7 Å². The molecule has 6 saturated carbocycles. The second kappa shape index (κ2) is 20.3. The molecule has 14 N–H and O–H groups in total. The molecule has 19 heteroatoms. The standard InChI is InChI=1S/C48H82O19/c1-20(19-63-30-11-23(16-49)35(54)39(58)36(30)55)9-10-48(62)14-22-5-8-26-25-7-6-24-12-29(28(52)15-46(24,3)27(25)13-33(53)47(26,4)34(22)21(48)2)64-45-43(41(60)38(57)32(18-51)66-45)67-44-42(61)40(59)37(56)31(17-50)65-44/h20-45,49-62H,5-19H2,1-4H3. The fourth-order valence-corrected chi connectivity index (χ4v) is 15.6. The van der Waals surface area contributed by atoms with Gasteiger partial charge in [0.05, 0.1) is 49.3 Å². The average Bonchev–Trinajstić information content (AvgIpc) is 3.57. The SMILES string of the molecule is CC(CCC1(O)CC2CCC3C4CCC5CC(OC6OC(CO)C(O)C(O)C6OC6OC(CO)C(O)C(O)C6O)C(O)CC5(C)C4CC(O)C3(C)C2C1C)COC1CC(CO)C(O)C(O)C1O. The molecule has 2 heterocycles. The first kappa shape index (κ1) is 52.6. The van der Waals surface area contributed by atoms with Crippen LogP contribution < -0.4 is 0 Å². The summed E-state index contributed by atoms with van der Waals surface area (Å²) in [5, 5.41) is 151. The Kier molecular flexibility index (Phi) is 15.9. The average molecular weight is 963 g/mol. The minimum absolute atomic E-state index is 0.0252. The molecular weight excluding hydrogens is 881 g/mol. The lowest BCUT2D eigenvalue weighted by molar-refractivity contribution is -0.376. The zero-order valence-corrected chi connectivity index (χ0v) is 39.4. The van der Waals surface area contributed by atoms with Crippen LogP contribution in [0.5, 0.6) is 0 Å². The van der Waals surface area contributed by atoms with Crippen molar-refractivity contribution in [1.82, 2.24) is 0 Å². The molecule has 388 valence electrons. The van der Waals surface area contributed by atoms with Gasteiger partial charge in [-0.2, -0.15) is 0 Å². The molecule has 29 unspecified atom stereocenters. The number of hydrogen-bond donors (Lipinski definition) is 14. The lowest BCUT2D eigenvalue weighted by atomic mass is 9.39. The van der Waals surface area contributed by atoms with Gasteiger partial charge in [-0.1, -0.05) is 27.7 Å². The van der Waals surface area contributed by atoms with Crippen molar-refractivity contribution >= 4 is 0 Å². The first-order valence-corrected chi connectivity index (χ1v) is 25.2. The molecule has 0 amide bonds. The third-order valence-electron chi connectivity index (χ3n) is 19.6. The molecule has 0 radical (unpaired) electrons. The van der Waals surface area contributed by atoms with Gasteiger partial charge in [0.1, 0.15) is 61.0 Å². The summed E-state index contributed by atoms with van der Waals surface area (Å²) in [5.74, 6) is 0.385. The van der Waals surface area contributed by atoms with Gasteiger partial charge in [0.2, 0.25) is 0 Å². The van der Waals surface area contributed by atoms with Gasteiger partial charge >= 0.3 is 0 Å². The molecule has 8 aliphatic rings. The van der Waals surface area contributed by atoms with Gasteiger partial charge in [-0.3, -0.25) is 0 Å². The van der Waals surface area contributed by atoms with E-state index in [9.17, 15) is 71.5 Å². The monoisotopic (exact) mass is 963 g/mol. The summed E-state index contributed by atoms with van der Waals surface area (Å²) in [7, 11) is 0. The molecule has 0 aromatic heterocycles.